The lowest BCUT2D eigenvalue weighted by Gasteiger charge is -1.51. The van der Waals surface area contributed by atoms with E-state index < -0.39 is 0 Å². The van der Waals surface area contributed by atoms with Crippen LogP contribution in [0.15, 0.2) is 12.2 Å². The van der Waals surface area contributed by atoms with Gasteiger partial charge in [-0.2, -0.15) is 0 Å². The highest BCUT2D eigenvalue weighted by Crippen LogP contribution is 1.67. The van der Waals surface area contributed by atoms with Gasteiger partial charge in [-0.15, -0.1) is 0 Å². The maximum Gasteiger partial charge on any atom is 0.152 e. The zero-order chi connectivity index (χ0) is 6.83. The Labute approximate surface area is 52.4 Å². The molecule has 0 spiro atoms. The van der Waals surface area contributed by atoms with Crippen molar-refractivity contribution in [2.45, 2.75) is 6.92 Å². The Hall–Kier alpha value is -0.320. The lowest BCUT2D eigenvalue weighted by Crippen LogP contribution is -1.50. The molecule has 0 aliphatic heterocycles. The molecule has 4 heteroatoms. The van der Waals surface area contributed by atoms with Gasteiger partial charge >= 0.3 is 0 Å². The topological polar surface area (TPSA) is 57.5 Å². The molecule has 0 unspecified atom stereocenters. The molecule has 0 aromatic heterocycles. The molecule has 0 saturated carbocycles. The molecule has 3 nitrogen and oxygen atoms in total. The van der Waals surface area contributed by atoms with Crippen LogP contribution in [0.25, 0.3) is 0 Å². The molecule has 48 valence electrons. The Kier molecular flexibility index (Phi) is 21.1. The monoisotopic (exact) mass is 136 g/mol. The quantitative estimate of drug-likeness (QED) is 0.325. The van der Waals surface area contributed by atoms with Crippen LogP contribution in [0.3, 0.4) is 0 Å². The molecular formula is C4H8O3S. The van der Waals surface area contributed by atoms with Gasteiger partial charge in [-0.3, -0.25) is 4.79 Å². The summed E-state index contributed by atoms with van der Waals surface area (Å²) in [6, 6.07) is 0. The van der Waals surface area contributed by atoms with Crippen molar-refractivity contribution in [1.82, 2.24) is 0 Å². The first-order chi connectivity index (χ1) is 3.83. The van der Waals surface area contributed by atoms with Crippen molar-refractivity contribution in [2.24, 2.45) is 0 Å². The van der Waals surface area contributed by atoms with Gasteiger partial charge in [-0.25, -0.2) is 0 Å². The van der Waals surface area contributed by atoms with Gasteiger partial charge in [0.25, 0.3) is 0 Å². The second-order valence-electron chi connectivity index (χ2n) is 0.744. The van der Waals surface area contributed by atoms with E-state index in [0.717, 1.165) is 6.29 Å². The summed E-state index contributed by atoms with van der Waals surface area (Å²) >= 11 is -0.250. The van der Waals surface area contributed by atoms with Crippen LogP contribution in [0.2, 0.25) is 0 Å². The Morgan fingerprint density at radius 2 is 1.88 bits per heavy atom. The maximum absolute atomic E-state index is 9.32. The third-order valence-corrected chi connectivity index (χ3v) is 0.271. The van der Waals surface area contributed by atoms with E-state index in [0.29, 0.717) is 0 Å². The molecule has 0 fully saturated rings. The summed E-state index contributed by atoms with van der Waals surface area (Å²) < 4.78 is 14.1. The minimum absolute atomic E-state index is 0.250. The Balaban J connectivity index is 0. The van der Waals surface area contributed by atoms with Crippen molar-refractivity contribution in [3.8, 4) is 0 Å². The first kappa shape index (κ1) is 10.6. The molecule has 0 atom stereocenters. The highest BCUT2D eigenvalue weighted by Gasteiger charge is 1.48. The molecule has 0 heterocycles. The molecule has 0 aliphatic rings. The molecule has 0 aromatic carbocycles. The second-order valence-corrected chi connectivity index (χ2v) is 0.907. The molecule has 0 aromatic rings. The second kappa shape index (κ2) is 15.9. The highest BCUT2D eigenvalue weighted by molar-refractivity contribution is 7.87. The van der Waals surface area contributed by atoms with Crippen LogP contribution in [0.4, 0.5) is 0 Å². The van der Waals surface area contributed by atoms with Crippen molar-refractivity contribution >= 4 is 18.6 Å². The molecule has 0 amide bonds. The van der Waals surface area contributed by atoms with Gasteiger partial charge in [0.15, 0.2) is 12.3 Å². The van der Waals surface area contributed by atoms with Crippen LogP contribution < -0.4 is 0 Å². The molecule has 0 radical (unpaired) electrons. The number of rotatable bonds is 1. The van der Waals surface area contributed by atoms with Gasteiger partial charge in [0, 0.05) is 0 Å². The standard InChI is InChI=1S/C4H6O.H2O2S/c1-2-3-4-5;1-3-2/h2-4H,1H3;1-2H/b3-2+;. The predicted octanol–water partition coefficient (Wildman–Crippen LogP) is 1.43. The van der Waals surface area contributed by atoms with E-state index in [-0.39, 0.29) is 12.3 Å². The summed E-state index contributed by atoms with van der Waals surface area (Å²) in [7, 11) is 0. The van der Waals surface area contributed by atoms with E-state index in [1.807, 2.05) is 0 Å². The third kappa shape index (κ3) is 44.1. The first-order valence-electron chi connectivity index (χ1n) is 1.84. The zero-order valence-corrected chi connectivity index (χ0v) is 5.26. The van der Waals surface area contributed by atoms with E-state index in [9.17, 15) is 4.79 Å². The Morgan fingerprint density at radius 3 is 1.88 bits per heavy atom. The van der Waals surface area contributed by atoms with Gasteiger partial charge in [-0.05, 0) is 13.0 Å². The van der Waals surface area contributed by atoms with Crippen LogP contribution in [0.1, 0.15) is 6.92 Å². The number of hydrogen-bond acceptors (Lipinski definition) is 4. The molecule has 8 heavy (non-hydrogen) atoms. The first-order valence-corrected chi connectivity index (χ1v) is 2.58. The summed E-state index contributed by atoms with van der Waals surface area (Å²) in [5.74, 6) is 0. The number of carbonyl (C=O) groups is 1. The van der Waals surface area contributed by atoms with Crippen LogP contribution in [-0.2, 0) is 4.79 Å². The Bertz CT molecular complexity index is 62.3. The fourth-order valence-electron chi connectivity index (χ4n) is 0.0786. The summed E-state index contributed by atoms with van der Waals surface area (Å²) in [6.07, 6.45) is 3.88. The van der Waals surface area contributed by atoms with E-state index in [4.69, 9.17) is 9.11 Å². The lowest BCUT2D eigenvalue weighted by molar-refractivity contribution is -0.104. The predicted molar refractivity (Wildman–Crippen MR) is 33.7 cm³/mol. The lowest BCUT2D eigenvalue weighted by atomic mass is 10.6. The van der Waals surface area contributed by atoms with E-state index in [1.54, 1.807) is 13.0 Å². The molecular weight excluding hydrogens is 128 g/mol. The van der Waals surface area contributed by atoms with Crippen molar-refractivity contribution in [3.63, 3.8) is 0 Å². The van der Waals surface area contributed by atoms with Gasteiger partial charge < -0.3 is 9.11 Å². The normalized spacial score (nSPS) is 7.88. The number of allylic oxidation sites excluding steroid dienone is 2. The van der Waals surface area contributed by atoms with E-state index in [1.165, 1.54) is 6.08 Å². The summed E-state index contributed by atoms with van der Waals surface area (Å²) in [5.41, 5.74) is 0. The largest absolute Gasteiger partial charge is 0.307 e. The van der Waals surface area contributed by atoms with Gasteiger partial charge in [-0.1, -0.05) is 6.08 Å². The van der Waals surface area contributed by atoms with Crippen molar-refractivity contribution in [3.05, 3.63) is 12.2 Å². The average Bonchev–Trinajstić information content (AvgIpc) is 1.71. The Morgan fingerprint density at radius 1 is 1.50 bits per heavy atom. The summed E-state index contributed by atoms with van der Waals surface area (Å²) in [5, 5.41) is 0. The molecule has 0 rings (SSSR count). The van der Waals surface area contributed by atoms with Crippen LogP contribution in [-0.4, -0.2) is 15.4 Å². The SMILES string of the molecule is C/C=C/C=O.OSO. The molecule has 0 aliphatic carbocycles. The third-order valence-electron chi connectivity index (χ3n) is 0.271. The number of aldehydes is 1. The number of hydrogen-bond donors (Lipinski definition) is 2. The van der Waals surface area contributed by atoms with E-state index in [2.05, 4.69) is 0 Å². The molecule has 0 saturated heterocycles. The van der Waals surface area contributed by atoms with Gasteiger partial charge in [0.1, 0.15) is 6.29 Å². The minimum Gasteiger partial charge on any atom is -0.307 e. The fourth-order valence-corrected chi connectivity index (χ4v) is 0.0786. The highest BCUT2D eigenvalue weighted by atomic mass is 32.2. The van der Waals surface area contributed by atoms with Gasteiger partial charge in [0.2, 0.25) is 0 Å². The summed E-state index contributed by atoms with van der Waals surface area (Å²) in [4.78, 5) is 9.32. The zero-order valence-electron chi connectivity index (χ0n) is 4.44. The molecule has 2 N–H and O–H groups in total. The van der Waals surface area contributed by atoms with Crippen LogP contribution in [0.5, 0.6) is 0 Å². The van der Waals surface area contributed by atoms with Crippen molar-refractivity contribution in [1.29, 1.82) is 0 Å². The van der Waals surface area contributed by atoms with Crippen molar-refractivity contribution < 1.29 is 13.9 Å². The summed E-state index contributed by atoms with van der Waals surface area (Å²) in [6.45, 7) is 1.80. The maximum atomic E-state index is 9.32. The average molecular weight is 136 g/mol. The number of carbonyl (C=O) groups excluding carboxylic acids is 1. The smallest absolute Gasteiger partial charge is 0.152 e. The fraction of sp³-hybridized carbons (Fsp3) is 0.250. The van der Waals surface area contributed by atoms with Crippen LogP contribution >= 0.6 is 12.3 Å². The molecule has 0 bridgehead atoms. The van der Waals surface area contributed by atoms with E-state index >= 15 is 0 Å². The van der Waals surface area contributed by atoms with Gasteiger partial charge in [0.05, 0.1) is 0 Å². The van der Waals surface area contributed by atoms with Crippen LogP contribution in [0, 0.1) is 0 Å². The minimum atomic E-state index is -0.250. The van der Waals surface area contributed by atoms with Crippen molar-refractivity contribution in [2.75, 3.05) is 0 Å².